The van der Waals surface area contributed by atoms with E-state index >= 15 is 0 Å². The molecule has 0 aliphatic rings. The van der Waals surface area contributed by atoms with Gasteiger partial charge in [0.05, 0.1) is 10.5 Å². The highest BCUT2D eigenvalue weighted by Crippen LogP contribution is 2.20. The molecule has 0 saturated carbocycles. The van der Waals surface area contributed by atoms with Crippen molar-refractivity contribution in [2.24, 2.45) is 5.73 Å². The van der Waals surface area contributed by atoms with Gasteiger partial charge in [-0.05, 0) is 12.8 Å². The molecule has 1 aromatic heterocycles. The van der Waals surface area contributed by atoms with Crippen LogP contribution in [0, 0.1) is 10.1 Å². The second-order valence-electron chi connectivity index (χ2n) is 3.97. The Morgan fingerprint density at radius 1 is 1.68 bits per heavy atom. The molecule has 0 bridgehead atoms. The van der Waals surface area contributed by atoms with Gasteiger partial charge in [-0.25, -0.2) is 4.98 Å². The van der Waals surface area contributed by atoms with Crippen molar-refractivity contribution >= 4 is 17.4 Å². The first-order valence-electron chi connectivity index (χ1n) is 5.81. The maximum absolute atomic E-state index is 11.3. The summed E-state index contributed by atoms with van der Waals surface area (Å²) < 4.78 is 0. The van der Waals surface area contributed by atoms with Gasteiger partial charge in [0.1, 0.15) is 12.0 Å². The first-order valence-corrected chi connectivity index (χ1v) is 5.81. The Morgan fingerprint density at radius 3 is 2.84 bits per heavy atom. The number of hydrogen-bond acceptors (Lipinski definition) is 6. The van der Waals surface area contributed by atoms with E-state index in [1.54, 1.807) is 0 Å². The quantitative estimate of drug-likeness (QED) is 0.491. The largest absolute Gasteiger partial charge is 0.396 e. The van der Waals surface area contributed by atoms with Crippen molar-refractivity contribution in [1.29, 1.82) is 0 Å². The SMILES string of the molecule is CCC(CCO)Nc1ncc([N+](=O)[O-])cc1C(N)=O. The minimum absolute atomic E-state index is 0.00953. The number of aliphatic hydroxyl groups excluding tert-OH is 1. The van der Waals surface area contributed by atoms with Crippen molar-refractivity contribution < 1.29 is 14.8 Å². The van der Waals surface area contributed by atoms with Crippen LogP contribution < -0.4 is 11.1 Å². The van der Waals surface area contributed by atoms with Crippen LogP contribution in [0.1, 0.15) is 30.1 Å². The van der Waals surface area contributed by atoms with Crippen molar-refractivity contribution in [3.63, 3.8) is 0 Å². The third-order valence-corrected chi connectivity index (χ3v) is 2.66. The summed E-state index contributed by atoms with van der Waals surface area (Å²) in [5.74, 6) is -0.601. The summed E-state index contributed by atoms with van der Waals surface area (Å²) in [4.78, 5) is 25.1. The van der Waals surface area contributed by atoms with Crippen LogP contribution in [0.5, 0.6) is 0 Å². The Bertz CT molecular complexity index is 478. The standard InChI is InChI=1S/C11H16N4O4/c1-2-7(3-4-16)14-11-9(10(12)17)5-8(6-13-11)15(18)19/h5-7,16H,2-4H2,1H3,(H2,12,17)(H,13,14). The van der Waals surface area contributed by atoms with Gasteiger partial charge in [-0.1, -0.05) is 6.92 Å². The summed E-state index contributed by atoms with van der Waals surface area (Å²) in [5.41, 5.74) is 4.85. The molecular weight excluding hydrogens is 252 g/mol. The van der Waals surface area contributed by atoms with E-state index in [4.69, 9.17) is 10.8 Å². The molecule has 0 aliphatic carbocycles. The molecule has 8 heteroatoms. The Hall–Kier alpha value is -2.22. The summed E-state index contributed by atoms with van der Waals surface area (Å²) in [6.45, 7) is 1.90. The molecule has 1 heterocycles. The fraction of sp³-hybridized carbons (Fsp3) is 0.455. The zero-order valence-corrected chi connectivity index (χ0v) is 10.5. The average molecular weight is 268 g/mol. The fourth-order valence-electron chi connectivity index (χ4n) is 1.58. The zero-order valence-electron chi connectivity index (χ0n) is 10.5. The van der Waals surface area contributed by atoms with Crippen LogP contribution in [-0.2, 0) is 0 Å². The first kappa shape index (κ1) is 14.8. The summed E-state index contributed by atoms with van der Waals surface area (Å²) in [5, 5.41) is 22.5. The van der Waals surface area contributed by atoms with E-state index in [1.165, 1.54) is 0 Å². The number of carbonyl (C=O) groups is 1. The molecule has 1 aromatic rings. The number of nitro groups is 1. The van der Waals surface area contributed by atoms with Crippen LogP contribution in [0.3, 0.4) is 0 Å². The maximum Gasteiger partial charge on any atom is 0.288 e. The predicted octanol–water partition coefficient (Wildman–Crippen LogP) is 0.662. The number of nitrogens with one attached hydrogen (secondary N) is 1. The molecule has 0 aromatic carbocycles. The van der Waals surface area contributed by atoms with Crippen molar-refractivity contribution in [3.05, 3.63) is 27.9 Å². The molecule has 0 aliphatic heterocycles. The number of carbonyl (C=O) groups excluding carboxylic acids is 1. The Labute approximate surface area is 109 Å². The lowest BCUT2D eigenvalue weighted by molar-refractivity contribution is -0.385. The number of nitrogens with two attached hydrogens (primary N) is 1. The lowest BCUT2D eigenvalue weighted by Gasteiger charge is -2.17. The molecule has 8 nitrogen and oxygen atoms in total. The van der Waals surface area contributed by atoms with E-state index in [0.29, 0.717) is 12.8 Å². The van der Waals surface area contributed by atoms with Crippen molar-refractivity contribution in [1.82, 2.24) is 4.98 Å². The summed E-state index contributed by atoms with van der Waals surface area (Å²) >= 11 is 0. The fourth-order valence-corrected chi connectivity index (χ4v) is 1.58. The topological polar surface area (TPSA) is 131 Å². The molecule has 0 fully saturated rings. The molecule has 0 spiro atoms. The van der Waals surface area contributed by atoms with Crippen LogP contribution in [0.15, 0.2) is 12.3 Å². The van der Waals surface area contributed by atoms with E-state index < -0.39 is 10.8 Å². The Morgan fingerprint density at radius 2 is 2.37 bits per heavy atom. The lowest BCUT2D eigenvalue weighted by atomic mass is 10.1. The number of nitrogens with zero attached hydrogens (tertiary/aromatic N) is 2. The highest BCUT2D eigenvalue weighted by molar-refractivity contribution is 5.98. The van der Waals surface area contributed by atoms with Gasteiger partial charge in [-0.2, -0.15) is 0 Å². The third kappa shape index (κ3) is 3.88. The number of pyridine rings is 1. The van der Waals surface area contributed by atoms with Gasteiger partial charge in [0.2, 0.25) is 0 Å². The number of amides is 1. The Balaban J connectivity index is 3.06. The van der Waals surface area contributed by atoms with Crippen LogP contribution in [0.4, 0.5) is 11.5 Å². The molecule has 104 valence electrons. The van der Waals surface area contributed by atoms with E-state index in [0.717, 1.165) is 12.3 Å². The number of aromatic nitrogens is 1. The van der Waals surface area contributed by atoms with Gasteiger partial charge in [0, 0.05) is 18.7 Å². The van der Waals surface area contributed by atoms with E-state index in [2.05, 4.69) is 10.3 Å². The van der Waals surface area contributed by atoms with E-state index in [1.807, 2.05) is 6.92 Å². The van der Waals surface area contributed by atoms with E-state index in [9.17, 15) is 14.9 Å². The first-order chi connectivity index (χ1) is 8.99. The van der Waals surface area contributed by atoms with Gasteiger partial charge >= 0.3 is 0 Å². The molecule has 0 radical (unpaired) electrons. The number of hydrogen-bond donors (Lipinski definition) is 3. The van der Waals surface area contributed by atoms with Gasteiger partial charge in [0.15, 0.2) is 0 Å². The number of anilines is 1. The van der Waals surface area contributed by atoms with Crippen molar-refractivity contribution in [3.8, 4) is 0 Å². The van der Waals surface area contributed by atoms with Crippen LogP contribution in [0.2, 0.25) is 0 Å². The molecule has 4 N–H and O–H groups in total. The molecular formula is C11H16N4O4. The summed E-state index contributed by atoms with van der Waals surface area (Å²) in [7, 11) is 0. The highest BCUT2D eigenvalue weighted by atomic mass is 16.6. The molecule has 1 unspecified atom stereocenters. The zero-order chi connectivity index (χ0) is 14.4. The van der Waals surface area contributed by atoms with E-state index in [-0.39, 0.29) is 29.7 Å². The van der Waals surface area contributed by atoms with Crippen LogP contribution in [0.25, 0.3) is 0 Å². The van der Waals surface area contributed by atoms with Crippen LogP contribution >= 0.6 is 0 Å². The third-order valence-electron chi connectivity index (χ3n) is 2.66. The molecule has 0 saturated heterocycles. The Kier molecular flexibility index (Phi) is 5.19. The number of aliphatic hydroxyl groups is 1. The van der Waals surface area contributed by atoms with Gasteiger partial charge in [0.25, 0.3) is 11.6 Å². The van der Waals surface area contributed by atoms with Gasteiger partial charge in [-0.3, -0.25) is 14.9 Å². The second kappa shape index (κ2) is 6.64. The van der Waals surface area contributed by atoms with Gasteiger partial charge in [-0.15, -0.1) is 0 Å². The normalized spacial score (nSPS) is 11.9. The minimum atomic E-state index is -0.794. The van der Waals surface area contributed by atoms with Crippen LogP contribution in [-0.4, -0.2) is 33.6 Å². The highest BCUT2D eigenvalue weighted by Gasteiger charge is 2.18. The maximum atomic E-state index is 11.3. The molecule has 1 amide bonds. The number of rotatable bonds is 7. The van der Waals surface area contributed by atoms with Crippen molar-refractivity contribution in [2.45, 2.75) is 25.8 Å². The summed E-state index contributed by atoms with van der Waals surface area (Å²) in [6, 6.07) is 1.00. The minimum Gasteiger partial charge on any atom is -0.396 e. The molecule has 19 heavy (non-hydrogen) atoms. The van der Waals surface area contributed by atoms with Gasteiger partial charge < -0.3 is 16.2 Å². The summed E-state index contributed by atoms with van der Waals surface area (Å²) in [6.07, 6.45) is 2.24. The monoisotopic (exact) mass is 268 g/mol. The smallest absolute Gasteiger partial charge is 0.288 e. The van der Waals surface area contributed by atoms with Crippen molar-refractivity contribution in [2.75, 3.05) is 11.9 Å². The second-order valence-corrected chi connectivity index (χ2v) is 3.97. The average Bonchev–Trinajstić information content (AvgIpc) is 2.37. The molecule has 1 rings (SSSR count). The number of primary amides is 1. The predicted molar refractivity (Wildman–Crippen MR) is 68.8 cm³/mol. The lowest BCUT2D eigenvalue weighted by Crippen LogP contribution is -2.24. The molecule has 1 atom stereocenters.